The number of benzene rings is 1. The molecule has 1 aromatic carbocycles. The fraction of sp³-hybridized carbons (Fsp3) is 0.652. The number of nitrogens with zero attached hydrogens (tertiary/aromatic N) is 1. The molecular formula is C23H38N2O. The van der Waals surface area contributed by atoms with Gasteiger partial charge in [0.05, 0.1) is 0 Å². The van der Waals surface area contributed by atoms with Crippen LogP contribution >= 0.6 is 0 Å². The Labute approximate surface area is 160 Å². The van der Waals surface area contributed by atoms with Crippen molar-refractivity contribution in [2.45, 2.75) is 71.3 Å². The SMILES string of the molecule is C=CCC[C@H](c1cc(C(C)(C)C)cc(C(C)(C)C)c1O)N1CCNCC1. The summed E-state index contributed by atoms with van der Waals surface area (Å²) in [6.45, 7) is 21.3. The number of phenols is 1. The molecule has 1 aliphatic rings. The molecule has 2 N–H and O–H groups in total. The molecule has 146 valence electrons. The molecule has 1 atom stereocenters. The van der Waals surface area contributed by atoms with Crippen LogP contribution < -0.4 is 5.32 Å². The Morgan fingerprint density at radius 1 is 1.12 bits per heavy atom. The molecule has 0 aliphatic carbocycles. The molecular weight excluding hydrogens is 320 g/mol. The third-order valence-electron chi connectivity index (χ3n) is 5.41. The van der Waals surface area contributed by atoms with Crippen molar-refractivity contribution in [2.75, 3.05) is 26.2 Å². The lowest BCUT2D eigenvalue weighted by molar-refractivity contribution is 0.163. The summed E-state index contributed by atoms with van der Waals surface area (Å²) in [5, 5.41) is 14.7. The first-order valence-corrected chi connectivity index (χ1v) is 9.99. The van der Waals surface area contributed by atoms with E-state index in [1.807, 2.05) is 6.08 Å². The van der Waals surface area contributed by atoms with Gasteiger partial charge in [-0.15, -0.1) is 6.58 Å². The minimum Gasteiger partial charge on any atom is -0.507 e. The standard InChI is InChI=1S/C23H38N2O/c1-8-9-10-20(25-13-11-24-12-14-25)18-15-17(22(2,3)4)16-19(21(18)26)23(5,6)7/h8,15-16,20,24,26H,1,9-14H2,2-7H3/t20-/m1/s1. The number of aromatic hydroxyl groups is 1. The van der Waals surface area contributed by atoms with E-state index in [9.17, 15) is 5.11 Å². The Balaban J connectivity index is 2.59. The third-order valence-corrected chi connectivity index (χ3v) is 5.41. The van der Waals surface area contributed by atoms with Gasteiger partial charge in [0, 0.05) is 37.8 Å². The predicted octanol–water partition coefficient (Wildman–Crippen LogP) is 4.90. The van der Waals surface area contributed by atoms with E-state index >= 15 is 0 Å². The van der Waals surface area contributed by atoms with E-state index in [-0.39, 0.29) is 16.9 Å². The summed E-state index contributed by atoms with van der Waals surface area (Å²) in [4.78, 5) is 2.52. The molecule has 1 aliphatic heterocycles. The summed E-state index contributed by atoms with van der Waals surface area (Å²) in [5.74, 6) is 0.484. The van der Waals surface area contributed by atoms with Crippen LogP contribution in [0.5, 0.6) is 5.75 Å². The number of hydrogen-bond donors (Lipinski definition) is 2. The molecule has 0 unspecified atom stereocenters. The first-order valence-electron chi connectivity index (χ1n) is 9.99. The summed E-state index contributed by atoms with van der Waals surface area (Å²) in [6, 6.07) is 4.69. The first kappa shape index (κ1) is 21.0. The van der Waals surface area contributed by atoms with Gasteiger partial charge in [-0.1, -0.05) is 53.7 Å². The first-order chi connectivity index (χ1) is 12.1. The largest absolute Gasteiger partial charge is 0.507 e. The average Bonchev–Trinajstić information content (AvgIpc) is 2.55. The molecule has 1 aromatic rings. The van der Waals surface area contributed by atoms with E-state index < -0.39 is 0 Å². The second-order valence-corrected chi connectivity index (χ2v) is 9.63. The van der Waals surface area contributed by atoms with Crippen molar-refractivity contribution in [3.05, 3.63) is 41.5 Å². The van der Waals surface area contributed by atoms with Crippen LogP contribution in [0.4, 0.5) is 0 Å². The van der Waals surface area contributed by atoms with Crippen LogP contribution in [0.3, 0.4) is 0 Å². The number of hydrogen-bond acceptors (Lipinski definition) is 3. The van der Waals surface area contributed by atoms with E-state index in [1.165, 1.54) is 5.56 Å². The Morgan fingerprint density at radius 2 is 1.73 bits per heavy atom. The van der Waals surface area contributed by atoms with Gasteiger partial charge in [-0.25, -0.2) is 0 Å². The van der Waals surface area contributed by atoms with Gasteiger partial charge in [0.25, 0.3) is 0 Å². The van der Waals surface area contributed by atoms with E-state index in [2.05, 4.69) is 70.5 Å². The van der Waals surface area contributed by atoms with Gasteiger partial charge in [0.1, 0.15) is 5.75 Å². The van der Waals surface area contributed by atoms with Crippen LogP contribution in [0.25, 0.3) is 0 Å². The summed E-state index contributed by atoms with van der Waals surface area (Å²) in [5.41, 5.74) is 3.40. The highest BCUT2D eigenvalue weighted by atomic mass is 16.3. The van der Waals surface area contributed by atoms with Crippen LogP contribution in [0.1, 0.15) is 77.1 Å². The minimum atomic E-state index is -0.0907. The predicted molar refractivity (Wildman–Crippen MR) is 112 cm³/mol. The fourth-order valence-corrected chi connectivity index (χ4v) is 3.72. The molecule has 3 heteroatoms. The summed E-state index contributed by atoms with van der Waals surface area (Å²) >= 11 is 0. The minimum absolute atomic E-state index is 0.0505. The molecule has 3 nitrogen and oxygen atoms in total. The maximum Gasteiger partial charge on any atom is 0.124 e. The Morgan fingerprint density at radius 3 is 2.23 bits per heavy atom. The summed E-state index contributed by atoms with van der Waals surface area (Å²) in [7, 11) is 0. The number of piperazine rings is 1. The second kappa shape index (κ2) is 8.14. The number of phenolic OH excluding ortho intramolecular Hbond substituents is 1. The van der Waals surface area contributed by atoms with E-state index in [1.54, 1.807) is 0 Å². The molecule has 1 fully saturated rings. The van der Waals surface area contributed by atoms with Crippen molar-refractivity contribution in [1.82, 2.24) is 10.2 Å². The molecule has 0 saturated carbocycles. The van der Waals surface area contributed by atoms with Crippen molar-refractivity contribution in [3.63, 3.8) is 0 Å². The van der Waals surface area contributed by atoms with Crippen molar-refractivity contribution in [2.24, 2.45) is 0 Å². The highest BCUT2D eigenvalue weighted by Gasteiger charge is 2.30. The molecule has 0 amide bonds. The van der Waals surface area contributed by atoms with Crippen molar-refractivity contribution in [3.8, 4) is 5.75 Å². The van der Waals surface area contributed by atoms with Gasteiger partial charge in [0.2, 0.25) is 0 Å². The van der Waals surface area contributed by atoms with Crippen molar-refractivity contribution in [1.29, 1.82) is 0 Å². The van der Waals surface area contributed by atoms with Crippen LogP contribution in [0, 0.1) is 0 Å². The van der Waals surface area contributed by atoms with Crippen LogP contribution in [0.15, 0.2) is 24.8 Å². The normalized spacial score (nSPS) is 17.9. The number of nitrogens with one attached hydrogen (secondary N) is 1. The Bertz CT molecular complexity index is 616. The zero-order valence-corrected chi connectivity index (χ0v) is 17.7. The quantitative estimate of drug-likeness (QED) is 0.735. The highest BCUT2D eigenvalue weighted by Crippen LogP contribution is 2.42. The average molecular weight is 359 g/mol. The molecule has 1 saturated heterocycles. The van der Waals surface area contributed by atoms with E-state index in [0.29, 0.717) is 5.75 Å². The summed E-state index contributed by atoms with van der Waals surface area (Å²) < 4.78 is 0. The lowest BCUT2D eigenvalue weighted by Crippen LogP contribution is -2.45. The maximum atomic E-state index is 11.2. The number of rotatable bonds is 5. The number of allylic oxidation sites excluding steroid dienone is 1. The molecule has 26 heavy (non-hydrogen) atoms. The van der Waals surface area contributed by atoms with Gasteiger partial charge in [-0.2, -0.15) is 0 Å². The smallest absolute Gasteiger partial charge is 0.124 e. The fourth-order valence-electron chi connectivity index (χ4n) is 3.72. The van der Waals surface area contributed by atoms with Crippen molar-refractivity contribution >= 4 is 0 Å². The molecule has 0 bridgehead atoms. The highest BCUT2D eigenvalue weighted by molar-refractivity contribution is 5.50. The lowest BCUT2D eigenvalue weighted by atomic mass is 9.77. The van der Waals surface area contributed by atoms with Gasteiger partial charge in [-0.3, -0.25) is 4.90 Å². The Kier molecular flexibility index (Phi) is 6.57. The van der Waals surface area contributed by atoms with Crippen LogP contribution in [-0.2, 0) is 10.8 Å². The van der Waals surface area contributed by atoms with Crippen LogP contribution in [0.2, 0.25) is 0 Å². The van der Waals surface area contributed by atoms with Gasteiger partial charge in [-0.05, 0) is 40.9 Å². The molecule has 0 aromatic heterocycles. The molecule has 0 radical (unpaired) electrons. The topological polar surface area (TPSA) is 35.5 Å². The monoisotopic (exact) mass is 358 g/mol. The molecule has 0 spiro atoms. The third kappa shape index (κ3) is 4.89. The van der Waals surface area contributed by atoms with Gasteiger partial charge < -0.3 is 10.4 Å². The van der Waals surface area contributed by atoms with Crippen LogP contribution in [-0.4, -0.2) is 36.2 Å². The second-order valence-electron chi connectivity index (χ2n) is 9.63. The Hall–Kier alpha value is -1.32. The molecule has 1 heterocycles. The lowest BCUT2D eigenvalue weighted by Gasteiger charge is -2.37. The summed E-state index contributed by atoms with van der Waals surface area (Å²) in [6.07, 6.45) is 3.94. The van der Waals surface area contributed by atoms with Gasteiger partial charge >= 0.3 is 0 Å². The molecule has 2 rings (SSSR count). The van der Waals surface area contributed by atoms with Crippen molar-refractivity contribution < 1.29 is 5.11 Å². The van der Waals surface area contributed by atoms with Gasteiger partial charge in [0.15, 0.2) is 0 Å². The van der Waals surface area contributed by atoms with E-state index in [4.69, 9.17) is 0 Å². The maximum absolute atomic E-state index is 11.2. The zero-order valence-electron chi connectivity index (χ0n) is 17.7. The van der Waals surface area contributed by atoms with E-state index in [0.717, 1.165) is 50.1 Å². The zero-order chi connectivity index (χ0) is 19.5.